The SMILES string of the molecule is Cc1ccc2c(N3c4ccccc4Sc4cc5c(cc43)oc3ccccc35)c3cc(C)ccc3c(N3c4ccccc4Sc4cc5c(cc43)oc3ccccc35)c2c1. The fourth-order valence-corrected chi connectivity index (χ4v) is 11.5. The van der Waals surface area contributed by atoms with Crippen molar-refractivity contribution in [3.63, 3.8) is 0 Å². The molecule has 4 nitrogen and oxygen atoms in total. The molecule has 0 amide bonds. The van der Waals surface area contributed by atoms with E-state index in [-0.39, 0.29) is 0 Å². The summed E-state index contributed by atoms with van der Waals surface area (Å²) in [5.41, 5.74) is 12.9. The summed E-state index contributed by atoms with van der Waals surface area (Å²) in [4.78, 5) is 9.85. The number of nitrogens with zero attached hydrogens (tertiary/aromatic N) is 2. The molecule has 0 aliphatic carbocycles. The lowest BCUT2D eigenvalue weighted by molar-refractivity contribution is 0.668. The van der Waals surface area contributed by atoms with Gasteiger partial charge in [-0.1, -0.05) is 120 Å². The molecule has 0 unspecified atom stereocenters. The third kappa shape index (κ3) is 4.55. The van der Waals surface area contributed by atoms with Crippen LogP contribution in [0.3, 0.4) is 0 Å². The first-order valence-electron chi connectivity index (χ1n) is 19.6. The van der Waals surface area contributed by atoms with Crippen molar-refractivity contribution in [1.82, 2.24) is 0 Å². The predicted octanol–water partition coefficient (Wildman–Crippen LogP) is 16.3. The molecular weight excluding hydrogens is 749 g/mol. The zero-order valence-electron chi connectivity index (χ0n) is 31.5. The van der Waals surface area contributed by atoms with Crippen LogP contribution in [0.15, 0.2) is 186 Å². The normalized spacial score (nSPS) is 13.5. The molecule has 9 aromatic carbocycles. The zero-order chi connectivity index (χ0) is 38.2. The number of rotatable bonds is 2. The van der Waals surface area contributed by atoms with E-state index in [0.717, 1.165) is 78.0 Å². The highest BCUT2D eigenvalue weighted by Crippen LogP contribution is 2.60. The Labute approximate surface area is 342 Å². The second-order valence-corrected chi connectivity index (χ2v) is 17.6. The van der Waals surface area contributed by atoms with E-state index < -0.39 is 0 Å². The number of fused-ring (bicyclic) bond motifs is 12. The second kappa shape index (κ2) is 12.0. The Morgan fingerprint density at radius 3 is 1.24 bits per heavy atom. The minimum atomic E-state index is 0.887. The molecule has 0 saturated heterocycles. The Hall–Kier alpha value is -6.60. The van der Waals surface area contributed by atoms with Crippen molar-refractivity contribution >= 4 is 123 Å². The van der Waals surface area contributed by atoms with Crippen LogP contribution in [0.5, 0.6) is 0 Å². The van der Waals surface area contributed by atoms with Crippen LogP contribution in [-0.2, 0) is 0 Å². The number of hydrogen-bond acceptors (Lipinski definition) is 6. The lowest BCUT2D eigenvalue weighted by Gasteiger charge is -2.37. The maximum atomic E-state index is 6.56. The monoisotopic (exact) mass is 780 g/mol. The van der Waals surface area contributed by atoms with Crippen LogP contribution in [0.25, 0.3) is 65.4 Å². The molecule has 0 bridgehead atoms. The van der Waals surface area contributed by atoms with Crippen LogP contribution >= 0.6 is 23.5 Å². The molecule has 274 valence electrons. The molecule has 4 heterocycles. The maximum absolute atomic E-state index is 6.56. The summed E-state index contributed by atoms with van der Waals surface area (Å²) >= 11 is 3.67. The molecule has 2 aliphatic heterocycles. The first-order valence-corrected chi connectivity index (χ1v) is 21.2. The van der Waals surface area contributed by atoms with Gasteiger partial charge in [0.2, 0.25) is 0 Å². The van der Waals surface area contributed by atoms with Crippen molar-refractivity contribution < 1.29 is 8.83 Å². The third-order valence-corrected chi connectivity index (χ3v) is 14.1. The van der Waals surface area contributed by atoms with Gasteiger partial charge in [-0.15, -0.1) is 0 Å². The molecule has 0 radical (unpaired) electrons. The standard InChI is InChI=1S/C52H32N2O2S2/c1-29-19-21-33-37(23-29)51(53-39-13-5-9-17-47(39)57-49-25-35-31-11-3-7-15-43(31)55-45(35)27-41(49)53)34-22-20-30(2)24-38(34)52(33)54-40-14-6-10-18-48(40)58-50-26-36-32-12-4-8-16-44(32)56-46(36)28-42(50)54/h3-28H,1-2H3. The van der Waals surface area contributed by atoms with E-state index >= 15 is 0 Å². The fourth-order valence-electron chi connectivity index (χ4n) is 9.32. The molecule has 0 saturated carbocycles. The second-order valence-electron chi connectivity index (χ2n) is 15.4. The van der Waals surface area contributed by atoms with Gasteiger partial charge in [0.1, 0.15) is 22.3 Å². The van der Waals surface area contributed by atoms with Crippen LogP contribution in [0.4, 0.5) is 34.1 Å². The molecule has 0 N–H and O–H groups in total. The third-order valence-electron chi connectivity index (χ3n) is 11.9. The van der Waals surface area contributed by atoms with Crippen LogP contribution < -0.4 is 9.80 Å². The average molecular weight is 781 g/mol. The highest BCUT2D eigenvalue weighted by Gasteiger charge is 2.33. The summed E-state index contributed by atoms with van der Waals surface area (Å²) in [6.07, 6.45) is 0. The summed E-state index contributed by atoms with van der Waals surface area (Å²) < 4.78 is 13.1. The largest absolute Gasteiger partial charge is 0.456 e. The van der Waals surface area contributed by atoms with E-state index in [2.05, 4.69) is 169 Å². The van der Waals surface area contributed by atoms with Crippen molar-refractivity contribution in [2.75, 3.05) is 9.80 Å². The Kier molecular flexibility index (Phi) is 6.70. The zero-order valence-corrected chi connectivity index (χ0v) is 33.2. The number of furan rings is 2. The maximum Gasteiger partial charge on any atom is 0.137 e. The summed E-state index contributed by atoms with van der Waals surface area (Å²) in [7, 11) is 0. The molecule has 58 heavy (non-hydrogen) atoms. The highest BCUT2D eigenvalue weighted by molar-refractivity contribution is 8.00. The summed E-state index contributed by atoms with van der Waals surface area (Å²) in [6, 6.07) is 57.5. The molecule has 11 aromatic rings. The molecule has 2 aromatic heterocycles. The van der Waals surface area contributed by atoms with E-state index in [9.17, 15) is 0 Å². The Morgan fingerprint density at radius 1 is 0.328 bits per heavy atom. The molecule has 2 aliphatic rings. The Balaban J connectivity index is 1.15. The van der Waals surface area contributed by atoms with Gasteiger partial charge in [-0.2, -0.15) is 0 Å². The minimum absolute atomic E-state index is 0.887. The summed E-state index contributed by atoms with van der Waals surface area (Å²) in [5.74, 6) is 0. The van der Waals surface area contributed by atoms with Crippen molar-refractivity contribution in [2.24, 2.45) is 0 Å². The van der Waals surface area contributed by atoms with Crippen molar-refractivity contribution in [3.05, 3.63) is 169 Å². The quantitative estimate of drug-likeness (QED) is 0.163. The summed E-state index contributed by atoms with van der Waals surface area (Å²) in [6.45, 7) is 4.41. The van der Waals surface area contributed by atoms with Crippen LogP contribution in [0, 0.1) is 13.8 Å². The fraction of sp³-hybridized carbons (Fsp3) is 0.0385. The van der Waals surface area contributed by atoms with Crippen molar-refractivity contribution in [2.45, 2.75) is 33.4 Å². The van der Waals surface area contributed by atoms with Gasteiger partial charge in [-0.05, 0) is 74.5 Å². The molecule has 0 fully saturated rings. The van der Waals surface area contributed by atoms with E-state index in [1.165, 1.54) is 52.3 Å². The highest BCUT2D eigenvalue weighted by atomic mass is 32.2. The Bertz CT molecular complexity index is 3340. The summed E-state index contributed by atoms with van der Waals surface area (Å²) in [5, 5.41) is 9.27. The molecule has 0 atom stereocenters. The van der Waals surface area contributed by atoms with Crippen molar-refractivity contribution in [1.29, 1.82) is 0 Å². The van der Waals surface area contributed by atoms with E-state index in [1.807, 2.05) is 35.7 Å². The predicted molar refractivity (Wildman–Crippen MR) is 243 cm³/mol. The van der Waals surface area contributed by atoms with E-state index in [0.29, 0.717) is 0 Å². The van der Waals surface area contributed by atoms with E-state index in [1.54, 1.807) is 0 Å². The molecule has 6 heteroatoms. The lowest BCUT2D eigenvalue weighted by atomic mass is 9.93. The number of hydrogen-bond donors (Lipinski definition) is 0. The van der Waals surface area contributed by atoms with Gasteiger partial charge in [0, 0.05) is 74.8 Å². The van der Waals surface area contributed by atoms with Crippen LogP contribution in [0.2, 0.25) is 0 Å². The molecule has 0 spiro atoms. The molecule has 13 rings (SSSR count). The van der Waals surface area contributed by atoms with Gasteiger partial charge in [-0.3, -0.25) is 0 Å². The van der Waals surface area contributed by atoms with Crippen LogP contribution in [-0.4, -0.2) is 0 Å². The van der Waals surface area contributed by atoms with Gasteiger partial charge in [0.05, 0.1) is 34.1 Å². The minimum Gasteiger partial charge on any atom is -0.456 e. The first kappa shape index (κ1) is 32.5. The lowest BCUT2D eigenvalue weighted by Crippen LogP contribution is -2.18. The first-order chi connectivity index (χ1) is 28.6. The van der Waals surface area contributed by atoms with Gasteiger partial charge in [0.15, 0.2) is 0 Å². The van der Waals surface area contributed by atoms with Gasteiger partial charge < -0.3 is 18.6 Å². The van der Waals surface area contributed by atoms with Gasteiger partial charge in [-0.25, -0.2) is 0 Å². The van der Waals surface area contributed by atoms with Gasteiger partial charge in [0.25, 0.3) is 0 Å². The molecular formula is C52H32N2O2S2. The smallest absolute Gasteiger partial charge is 0.137 e. The van der Waals surface area contributed by atoms with E-state index in [4.69, 9.17) is 8.83 Å². The number of para-hydroxylation sites is 4. The Morgan fingerprint density at radius 2 is 0.759 bits per heavy atom. The van der Waals surface area contributed by atoms with Crippen LogP contribution in [0.1, 0.15) is 11.1 Å². The number of aryl methyl sites for hydroxylation is 2. The number of anilines is 6. The average Bonchev–Trinajstić information content (AvgIpc) is 3.80. The van der Waals surface area contributed by atoms with Gasteiger partial charge >= 0.3 is 0 Å². The number of benzene rings is 9. The van der Waals surface area contributed by atoms with Crippen molar-refractivity contribution in [3.8, 4) is 0 Å². The topological polar surface area (TPSA) is 32.8 Å².